The average Bonchev–Trinajstić information content (AvgIpc) is 3.62. The summed E-state index contributed by atoms with van der Waals surface area (Å²) in [6, 6.07) is 5.21. The van der Waals surface area contributed by atoms with E-state index in [0.29, 0.717) is 34.7 Å². The monoisotopic (exact) mass is 507 g/mol. The predicted octanol–water partition coefficient (Wildman–Crippen LogP) is 4.90. The number of aromatic nitrogens is 1. The molecule has 1 saturated heterocycles. The fourth-order valence-corrected chi connectivity index (χ4v) is 7.33. The maximum Gasteiger partial charge on any atom is 0.341 e. The van der Waals surface area contributed by atoms with Gasteiger partial charge < -0.3 is 25.0 Å². The molecule has 3 aromatic rings. The summed E-state index contributed by atoms with van der Waals surface area (Å²) < 4.78 is 5.95. The van der Waals surface area contributed by atoms with Gasteiger partial charge in [-0.3, -0.25) is 4.79 Å². The van der Waals surface area contributed by atoms with Crippen molar-refractivity contribution in [2.75, 3.05) is 27.2 Å². The van der Waals surface area contributed by atoms with E-state index in [9.17, 15) is 14.7 Å². The first-order chi connectivity index (χ1) is 17.4. The number of piperidine rings is 1. The quantitative estimate of drug-likeness (QED) is 0.439. The molecule has 2 aromatic heterocycles. The molecule has 1 saturated carbocycles. The van der Waals surface area contributed by atoms with Crippen LogP contribution < -0.4 is 15.5 Å². The number of aromatic amines is 1. The number of hydrogen-bond donors (Lipinski definition) is 3. The fraction of sp³-hybridized carbons (Fsp3) is 0.500. The number of pyridine rings is 1. The maximum atomic E-state index is 13.0. The molecule has 2 aliphatic carbocycles. The van der Waals surface area contributed by atoms with Crippen molar-refractivity contribution in [3.63, 3.8) is 0 Å². The Labute approximate surface area is 214 Å². The Hall–Kier alpha value is -2.68. The number of ether oxygens (including phenoxy) is 1. The molecule has 3 aliphatic rings. The van der Waals surface area contributed by atoms with E-state index in [2.05, 4.69) is 28.3 Å². The van der Waals surface area contributed by atoms with Crippen molar-refractivity contribution < 1.29 is 14.6 Å². The van der Waals surface area contributed by atoms with Gasteiger partial charge in [-0.25, -0.2) is 4.79 Å². The van der Waals surface area contributed by atoms with E-state index in [1.54, 1.807) is 7.11 Å². The largest absolute Gasteiger partial charge is 0.494 e. The highest BCUT2D eigenvalue weighted by Gasteiger charge is 2.33. The molecule has 0 radical (unpaired) electrons. The van der Waals surface area contributed by atoms with Crippen LogP contribution in [0.2, 0.25) is 0 Å². The number of carboxylic acid groups (broad SMARTS) is 1. The molecule has 190 valence electrons. The number of H-pyrrole nitrogens is 1. The van der Waals surface area contributed by atoms with Crippen LogP contribution in [0.4, 0.5) is 0 Å². The van der Waals surface area contributed by atoms with E-state index in [0.717, 1.165) is 49.9 Å². The molecule has 7 nitrogen and oxygen atoms in total. The minimum atomic E-state index is -1.22. The van der Waals surface area contributed by atoms with Crippen LogP contribution in [-0.2, 0) is 6.42 Å². The Morgan fingerprint density at radius 3 is 2.64 bits per heavy atom. The number of hydrogen-bond acceptors (Lipinski definition) is 6. The lowest BCUT2D eigenvalue weighted by Gasteiger charge is -2.34. The van der Waals surface area contributed by atoms with Gasteiger partial charge in [-0.05, 0) is 94.3 Å². The molecular formula is C28H33N3O4S. The van der Waals surface area contributed by atoms with Crippen molar-refractivity contribution in [2.24, 2.45) is 0 Å². The zero-order valence-corrected chi connectivity index (χ0v) is 21.7. The zero-order valence-electron chi connectivity index (χ0n) is 20.9. The second-order valence-corrected chi connectivity index (χ2v) is 11.7. The third kappa shape index (κ3) is 4.15. The van der Waals surface area contributed by atoms with Gasteiger partial charge in [0.25, 0.3) is 0 Å². The maximum absolute atomic E-state index is 13.0. The predicted molar refractivity (Wildman–Crippen MR) is 143 cm³/mol. The van der Waals surface area contributed by atoms with Crippen LogP contribution in [0.3, 0.4) is 0 Å². The van der Waals surface area contributed by atoms with E-state index in [-0.39, 0.29) is 5.56 Å². The molecule has 0 bridgehead atoms. The summed E-state index contributed by atoms with van der Waals surface area (Å²) in [6.45, 7) is 2.29. The minimum absolute atomic E-state index is 0.242. The van der Waals surface area contributed by atoms with Crippen molar-refractivity contribution in [3.05, 3.63) is 50.1 Å². The summed E-state index contributed by atoms with van der Waals surface area (Å²) in [7, 11) is 3.83. The molecule has 3 N–H and O–H groups in total. The van der Waals surface area contributed by atoms with Gasteiger partial charge in [0.2, 0.25) is 5.43 Å². The second kappa shape index (κ2) is 9.32. The molecule has 1 atom stereocenters. The lowest BCUT2D eigenvalue weighted by molar-refractivity contribution is 0.0695. The molecule has 1 aliphatic heterocycles. The van der Waals surface area contributed by atoms with Gasteiger partial charge in [0, 0.05) is 33.6 Å². The van der Waals surface area contributed by atoms with E-state index in [4.69, 9.17) is 4.74 Å². The van der Waals surface area contributed by atoms with Gasteiger partial charge >= 0.3 is 5.97 Å². The van der Waals surface area contributed by atoms with Gasteiger partial charge in [0.15, 0.2) is 5.75 Å². The summed E-state index contributed by atoms with van der Waals surface area (Å²) in [5.74, 6) is -0.205. The van der Waals surface area contributed by atoms with E-state index in [1.807, 2.05) is 17.4 Å². The van der Waals surface area contributed by atoms with Crippen molar-refractivity contribution >= 4 is 28.2 Å². The number of nitrogens with zero attached hydrogens (tertiary/aromatic N) is 1. The second-order valence-electron chi connectivity index (χ2n) is 10.6. The van der Waals surface area contributed by atoms with Crippen LogP contribution >= 0.6 is 11.3 Å². The lowest BCUT2D eigenvalue weighted by Crippen LogP contribution is -2.42. The third-order valence-corrected chi connectivity index (χ3v) is 9.36. The Morgan fingerprint density at radius 2 is 1.94 bits per heavy atom. The first-order valence-electron chi connectivity index (χ1n) is 13.0. The van der Waals surface area contributed by atoms with Crippen molar-refractivity contribution in [1.29, 1.82) is 0 Å². The van der Waals surface area contributed by atoms with Gasteiger partial charge in [0.1, 0.15) is 5.56 Å². The lowest BCUT2D eigenvalue weighted by atomic mass is 9.90. The van der Waals surface area contributed by atoms with Gasteiger partial charge in [-0.15, -0.1) is 11.3 Å². The molecule has 1 aromatic carbocycles. The summed E-state index contributed by atoms with van der Waals surface area (Å²) in [5, 5.41) is 13.8. The SMILES string of the molecule is COc1c(-c2cc3c(s2)CCCC3NC2CCN(C)CC2)c(C2CC2)cc2c(=O)c(C(=O)O)c[nH]c12. The van der Waals surface area contributed by atoms with Crippen molar-refractivity contribution in [2.45, 2.75) is 62.9 Å². The Bertz CT molecular complexity index is 1380. The Morgan fingerprint density at radius 1 is 1.17 bits per heavy atom. The summed E-state index contributed by atoms with van der Waals surface area (Å²) in [6.07, 6.45) is 9.26. The fourth-order valence-electron chi connectivity index (χ4n) is 6.00. The summed E-state index contributed by atoms with van der Waals surface area (Å²) in [4.78, 5) is 32.7. The number of benzene rings is 1. The topological polar surface area (TPSA) is 94.7 Å². The summed E-state index contributed by atoms with van der Waals surface area (Å²) >= 11 is 1.85. The smallest absolute Gasteiger partial charge is 0.341 e. The van der Waals surface area contributed by atoms with E-state index >= 15 is 0 Å². The molecule has 1 unspecified atom stereocenters. The third-order valence-electron chi connectivity index (χ3n) is 8.13. The Balaban J connectivity index is 1.44. The molecule has 0 spiro atoms. The van der Waals surface area contributed by atoms with Crippen LogP contribution in [0.5, 0.6) is 5.75 Å². The highest BCUT2D eigenvalue weighted by Crippen LogP contribution is 2.52. The standard InChI is InChI=1S/C28H33N3O4S/c1-31-10-8-16(9-11-31)30-21-4-3-5-22-18(21)13-23(36-22)24-17(15-6-7-15)12-19-25(27(24)35-2)29-14-20(26(19)32)28(33)34/h12-16,21,30H,3-11H2,1-2H3,(H,29,32)(H,33,34). The number of carbonyl (C=O) groups is 1. The molecule has 3 heterocycles. The van der Waals surface area contributed by atoms with E-state index < -0.39 is 11.4 Å². The molecule has 2 fully saturated rings. The van der Waals surface area contributed by atoms with Crippen LogP contribution in [0.15, 0.2) is 23.1 Å². The van der Waals surface area contributed by atoms with Crippen LogP contribution in [0, 0.1) is 0 Å². The number of thiophene rings is 1. The highest BCUT2D eigenvalue weighted by molar-refractivity contribution is 7.15. The van der Waals surface area contributed by atoms with Crippen LogP contribution in [0.25, 0.3) is 21.3 Å². The number of aryl methyl sites for hydroxylation is 1. The van der Waals surface area contributed by atoms with Gasteiger partial charge in [-0.1, -0.05) is 0 Å². The van der Waals surface area contributed by atoms with Gasteiger partial charge in [0.05, 0.1) is 18.0 Å². The molecule has 6 rings (SSSR count). The number of nitrogens with one attached hydrogen (secondary N) is 2. The average molecular weight is 508 g/mol. The minimum Gasteiger partial charge on any atom is -0.494 e. The van der Waals surface area contributed by atoms with Crippen LogP contribution in [-0.4, -0.2) is 54.2 Å². The molecule has 36 heavy (non-hydrogen) atoms. The molecule has 8 heteroatoms. The van der Waals surface area contributed by atoms with Gasteiger partial charge in [-0.2, -0.15) is 0 Å². The first kappa shape index (κ1) is 23.7. The molecule has 0 amide bonds. The first-order valence-corrected chi connectivity index (χ1v) is 13.8. The number of methoxy groups -OCH3 is 1. The van der Waals surface area contributed by atoms with E-state index in [1.165, 1.54) is 40.8 Å². The normalized spacial score (nSPS) is 21.0. The number of likely N-dealkylation sites (tertiary alicyclic amines) is 1. The number of carboxylic acids is 1. The zero-order chi connectivity index (χ0) is 25.0. The van der Waals surface area contributed by atoms with Crippen molar-refractivity contribution in [1.82, 2.24) is 15.2 Å². The Kier molecular flexibility index (Phi) is 6.14. The highest BCUT2D eigenvalue weighted by atomic mass is 32.1. The number of aromatic carboxylic acids is 1. The molecular weight excluding hydrogens is 474 g/mol. The summed E-state index contributed by atoms with van der Waals surface area (Å²) in [5.41, 5.74) is 3.44. The number of fused-ring (bicyclic) bond motifs is 2. The van der Waals surface area contributed by atoms with Crippen LogP contribution in [0.1, 0.15) is 76.8 Å². The number of rotatable bonds is 6. The van der Waals surface area contributed by atoms with Crippen molar-refractivity contribution in [3.8, 4) is 16.2 Å².